The van der Waals surface area contributed by atoms with Crippen LogP contribution in [0.25, 0.3) is 0 Å². The lowest BCUT2D eigenvalue weighted by Crippen LogP contribution is -2.29. The number of aliphatic hydroxyl groups is 1. The van der Waals surface area contributed by atoms with Gasteiger partial charge in [-0.2, -0.15) is 4.98 Å². The normalized spacial score (nSPS) is 27.7. The van der Waals surface area contributed by atoms with Gasteiger partial charge in [0.2, 0.25) is 0 Å². The fourth-order valence-corrected chi connectivity index (χ4v) is 1.90. The minimum absolute atomic E-state index is 0.00331. The van der Waals surface area contributed by atoms with Crippen molar-refractivity contribution in [2.75, 3.05) is 12.3 Å². The number of ether oxygens (including phenoxy) is 1. The highest BCUT2D eigenvalue weighted by Crippen LogP contribution is 2.35. The molecule has 0 saturated carbocycles. The van der Waals surface area contributed by atoms with E-state index in [1.54, 1.807) is 0 Å². The average Bonchev–Trinajstić information content (AvgIpc) is 2.75. The van der Waals surface area contributed by atoms with E-state index in [4.69, 9.17) is 22.0 Å². The molecule has 20 heavy (non-hydrogen) atoms. The smallest absolute Gasteiger partial charge is 0.351 e. The van der Waals surface area contributed by atoms with E-state index < -0.39 is 36.4 Å². The van der Waals surface area contributed by atoms with E-state index >= 15 is 0 Å². The number of aliphatic hydroxyl groups excluding tert-OH is 1. The molecule has 0 radical (unpaired) electrons. The molecule has 3 atom stereocenters. The van der Waals surface area contributed by atoms with Crippen molar-refractivity contribution < 1.29 is 18.6 Å². The standard InChI is InChI=1S/C12H11F2N3O3/c1-2-6-4-17(12(19)16-10(6)15)11-7(3-13)9(14)8(5-18)20-11/h1,3-4,8-9,11,18H,5H2,(H2,15,16,19). The van der Waals surface area contributed by atoms with Crippen molar-refractivity contribution in [1.82, 2.24) is 9.55 Å². The Balaban J connectivity index is 2.52. The predicted octanol–water partition coefficient (Wildman–Crippen LogP) is -0.112. The van der Waals surface area contributed by atoms with Crippen molar-refractivity contribution >= 4 is 5.82 Å². The first kappa shape index (κ1) is 14.2. The molecule has 3 N–H and O–H groups in total. The van der Waals surface area contributed by atoms with Gasteiger partial charge in [0.05, 0.1) is 18.5 Å². The molecule has 1 saturated heterocycles. The zero-order chi connectivity index (χ0) is 14.9. The summed E-state index contributed by atoms with van der Waals surface area (Å²) in [6.45, 7) is -0.659. The molecule has 1 aromatic heterocycles. The average molecular weight is 283 g/mol. The molecule has 1 aliphatic heterocycles. The van der Waals surface area contributed by atoms with Gasteiger partial charge < -0.3 is 15.6 Å². The van der Waals surface area contributed by atoms with Gasteiger partial charge in [-0.25, -0.2) is 13.6 Å². The largest absolute Gasteiger partial charge is 0.394 e. The summed E-state index contributed by atoms with van der Waals surface area (Å²) < 4.78 is 32.6. The van der Waals surface area contributed by atoms with E-state index in [2.05, 4.69) is 10.9 Å². The van der Waals surface area contributed by atoms with Crippen molar-refractivity contribution in [3.63, 3.8) is 0 Å². The number of rotatable bonds is 2. The molecule has 0 aliphatic carbocycles. The number of hydrogen-bond acceptors (Lipinski definition) is 5. The predicted molar refractivity (Wildman–Crippen MR) is 65.9 cm³/mol. The molecule has 1 aliphatic rings. The maximum Gasteiger partial charge on any atom is 0.351 e. The SMILES string of the molecule is C#Cc1cn(C2OC(CO)C(F)C2=CF)c(=O)nc1N. The first-order chi connectivity index (χ1) is 9.53. The summed E-state index contributed by atoms with van der Waals surface area (Å²) in [4.78, 5) is 15.2. The van der Waals surface area contributed by atoms with E-state index in [1.807, 2.05) is 0 Å². The Morgan fingerprint density at radius 3 is 2.95 bits per heavy atom. The third kappa shape index (κ3) is 2.17. The van der Waals surface area contributed by atoms with Crippen molar-refractivity contribution in [2.45, 2.75) is 18.5 Å². The third-order valence-electron chi connectivity index (χ3n) is 2.93. The highest BCUT2D eigenvalue weighted by molar-refractivity contribution is 5.47. The second-order valence-electron chi connectivity index (χ2n) is 4.09. The molecule has 6 nitrogen and oxygen atoms in total. The number of nitrogen functional groups attached to an aromatic ring is 1. The van der Waals surface area contributed by atoms with Crippen LogP contribution < -0.4 is 11.4 Å². The van der Waals surface area contributed by atoms with Crippen molar-refractivity contribution in [1.29, 1.82) is 0 Å². The zero-order valence-electron chi connectivity index (χ0n) is 10.2. The van der Waals surface area contributed by atoms with Gasteiger partial charge in [0.1, 0.15) is 11.9 Å². The van der Waals surface area contributed by atoms with Gasteiger partial charge in [-0.05, 0) is 0 Å². The monoisotopic (exact) mass is 283 g/mol. The van der Waals surface area contributed by atoms with E-state index in [9.17, 15) is 13.6 Å². The van der Waals surface area contributed by atoms with Crippen molar-refractivity contribution in [3.8, 4) is 12.3 Å². The minimum atomic E-state index is -1.87. The third-order valence-corrected chi connectivity index (χ3v) is 2.93. The summed E-state index contributed by atoms with van der Waals surface area (Å²) in [5, 5.41) is 8.96. The van der Waals surface area contributed by atoms with E-state index in [-0.39, 0.29) is 17.7 Å². The zero-order valence-corrected chi connectivity index (χ0v) is 10.2. The molecule has 0 aromatic carbocycles. The van der Waals surface area contributed by atoms with Gasteiger partial charge in [-0.15, -0.1) is 6.42 Å². The summed E-state index contributed by atoms with van der Waals surface area (Å²) in [7, 11) is 0. The summed E-state index contributed by atoms with van der Waals surface area (Å²) in [6, 6.07) is 0. The number of hydrogen-bond donors (Lipinski definition) is 2. The summed E-state index contributed by atoms with van der Waals surface area (Å²) in [5.41, 5.74) is 4.23. The molecule has 0 spiro atoms. The summed E-state index contributed by atoms with van der Waals surface area (Å²) in [5.74, 6) is 2.04. The van der Waals surface area contributed by atoms with Gasteiger partial charge in [-0.3, -0.25) is 4.57 Å². The Labute approximate surface area is 112 Å². The Bertz CT molecular complexity index is 650. The number of nitrogens with two attached hydrogens (primary N) is 1. The molecule has 8 heteroatoms. The molecular formula is C12H11F2N3O3. The Morgan fingerprint density at radius 2 is 2.40 bits per heavy atom. The van der Waals surface area contributed by atoms with E-state index in [1.165, 1.54) is 0 Å². The van der Waals surface area contributed by atoms with Crippen LogP contribution in [0.2, 0.25) is 0 Å². The lowest BCUT2D eigenvalue weighted by Gasteiger charge is -2.15. The van der Waals surface area contributed by atoms with Crippen molar-refractivity contribution in [2.24, 2.45) is 0 Å². The second kappa shape index (κ2) is 5.40. The molecule has 106 valence electrons. The maximum atomic E-state index is 13.8. The van der Waals surface area contributed by atoms with Crippen LogP contribution in [0.3, 0.4) is 0 Å². The van der Waals surface area contributed by atoms with Gasteiger partial charge >= 0.3 is 5.69 Å². The lowest BCUT2D eigenvalue weighted by molar-refractivity contribution is -0.0322. The van der Waals surface area contributed by atoms with Crippen molar-refractivity contribution in [3.05, 3.63) is 34.1 Å². The van der Waals surface area contributed by atoms with Crippen LogP contribution in [0.15, 0.2) is 22.9 Å². The van der Waals surface area contributed by atoms with E-state index in [0.29, 0.717) is 0 Å². The number of terminal acetylenes is 1. The number of alkyl halides is 1. The van der Waals surface area contributed by atoms with E-state index in [0.717, 1.165) is 10.8 Å². The number of anilines is 1. The van der Waals surface area contributed by atoms with Crippen LogP contribution >= 0.6 is 0 Å². The Morgan fingerprint density at radius 1 is 1.70 bits per heavy atom. The fourth-order valence-electron chi connectivity index (χ4n) is 1.90. The maximum absolute atomic E-state index is 13.8. The Kier molecular flexibility index (Phi) is 3.83. The van der Waals surface area contributed by atoms with Gasteiger partial charge in [0.25, 0.3) is 0 Å². The molecular weight excluding hydrogens is 272 g/mol. The number of aromatic nitrogens is 2. The minimum Gasteiger partial charge on any atom is -0.394 e. The molecule has 2 heterocycles. The lowest BCUT2D eigenvalue weighted by atomic mass is 10.1. The van der Waals surface area contributed by atoms with Crippen LogP contribution in [0.5, 0.6) is 0 Å². The van der Waals surface area contributed by atoms with Gasteiger partial charge in [-0.1, -0.05) is 5.92 Å². The van der Waals surface area contributed by atoms with Gasteiger partial charge in [0, 0.05) is 11.8 Å². The molecule has 0 amide bonds. The first-order valence-corrected chi connectivity index (χ1v) is 5.59. The molecule has 3 unspecified atom stereocenters. The van der Waals surface area contributed by atoms with Gasteiger partial charge in [0.15, 0.2) is 12.4 Å². The summed E-state index contributed by atoms with van der Waals surface area (Å²) >= 11 is 0. The second-order valence-corrected chi connectivity index (χ2v) is 4.09. The Hall–Kier alpha value is -2.24. The van der Waals surface area contributed by atoms with Crippen LogP contribution in [-0.2, 0) is 4.74 Å². The number of nitrogens with zero attached hydrogens (tertiary/aromatic N) is 2. The van der Waals surface area contributed by atoms with Crippen LogP contribution in [0, 0.1) is 12.3 Å². The van der Waals surface area contributed by atoms with Crippen LogP contribution in [-0.4, -0.2) is 33.5 Å². The fraction of sp³-hybridized carbons (Fsp3) is 0.333. The molecule has 1 aromatic rings. The first-order valence-electron chi connectivity index (χ1n) is 5.59. The molecule has 0 bridgehead atoms. The van der Waals surface area contributed by atoms with Crippen LogP contribution in [0.4, 0.5) is 14.6 Å². The summed E-state index contributed by atoms with van der Waals surface area (Å²) in [6.07, 6.45) is 1.83. The highest BCUT2D eigenvalue weighted by Gasteiger charge is 2.41. The topological polar surface area (TPSA) is 90.4 Å². The highest BCUT2D eigenvalue weighted by atomic mass is 19.1. The quantitative estimate of drug-likeness (QED) is 0.739. The van der Waals surface area contributed by atoms with Crippen LogP contribution in [0.1, 0.15) is 11.8 Å². The number of halogens is 2. The molecule has 1 fully saturated rings. The molecule has 2 rings (SSSR count).